The molecule has 0 radical (unpaired) electrons. The number of nitrogens with zero attached hydrogens (tertiary/aromatic N) is 1. The van der Waals surface area contributed by atoms with E-state index in [1.807, 2.05) is 6.92 Å². The molecule has 0 atom stereocenters. The van der Waals surface area contributed by atoms with Crippen molar-refractivity contribution < 1.29 is 12.8 Å². The normalized spacial score (nSPS) is 16.4. The van der Waals surface area contributed by atoms with Crippen molar-refractivity contribution in [1.29, 1.82) is 0 Å². The second-order valence-corrected chi connectivity index (χ2v) is 7.12. The van der Waals surface area contributed by atoms with Crippen LogP contribution >= 0.6 is 0 Å². The Balaban J connectivity index is 2.23. The SMILES string of the molecule is CCNCc1ccc(S(=O)(=O)N(C)C2CCC2)c(F)c1. The lowest BCUT2D eigenvalue weighted by Gasteiger charge is -2.33. The smallest absolute Gasteiger partial charge is 0.245 e. The van der Waals surface area contributed by atoms with Crippen molar-refractivity contribution in [2.45, 2.75) is 43.7 Å². The maximum atomic E-state index is 14.1. The van der Waals surface area contributed by atoms with Crippen LogP contribution in [-0.2, 0) is 16.6 Å². The molecular weight excluding hydrogens is 279 g/mol. The summed E-state index contributed by atoms with van der Waals surface area (Å²) in [5.41, 5.74) is 0.745. The Morgan fingerprint density at radius 1 is 1.40 bits per heavy atom. The van der Waals surface area contributed by atoms with E-state index in [1.165, 1.54) is 23.5 Å². The van der Waals surface area contributed by atoms with Gasteiger partial charge in [-0.15, -0.1) is 0 Å². The molecule has 0 amide bonds. The van der Waals surface area contributed by atoms with Crippen LogP contribution in [0.25, 0.3) is 0 Å². The number of halogens is 1. The van der Waals surface area contributed by atoms with E-state index in [1.54, 1.807) is 6.07 Å². The van der Waals surface area contributed by atoms with E-state index in [9.17, 15) is 12.8 Å². The lowest BCUT2D eigenvalue weighted by atomic mass is 9.94. The van der Waals surface area contributed by atoms with Gasteiger partial charge in [0, 0.05) is 19.6 Å². The maximum absolute atomic E-state index is 14.1. The first-order valence-electron chi connectivity index (χ1n) is 6.94. The van der Waals surface area contributed by atoms with Crippen LogP contribution in [0.3, 0.4) is 0 Å². The van der Waals surface area contributed by atoms with Crippen LogP contribution in [0.2, 0.25) is 0 Å². The van der Waals surface area contributed by atoms with E-state index in [0.29, 0.717) is 6.54 Å². The highest BCUT2D eigenvalue weighted by Crippen LogP contribution is 2.29. The Labute approximate surface area is 120 Å². The molecule has 112 valence electrons. The molecule has 0 heterocycles. The largest absolute Gasteiger partial charge is 0.313 e. The van der Waals surface area contributed by atoms with Crippen molar-refractivity contribution in [1.82, 2.24) is 9.62 Å². The van der Waals surface area contributed by atoms with E-state index >= 15 is 0 Å². The zero-order chi connectivity index (χ0) is 14.8. The Hall–Kier alpha value is -0.980. The summed E-state index contributed by atoms with van der Waals surface area (Å²) in [7, 11) is -2.20. The number of hydrogen-bond donors (Lipinski definition) is 1. The van der Waals surface area contributed by atoms with Gasteiger partial charge in [0.25, 0.3) is 0 Å². The van der Waals surface area contributed by atoms with Gasteiger partial charge in [-0.2, -0.15) is 4.31 Å². The highest BCUT2D eigenvalue weighted by Gasteiger charge is 2.33. The first kappa shape index (κ1) is 15.4. The number of benzene rings is 1. The fraction of sp³-hybridized carbons (Fsp3) is 0.571. The Morgan fingerprint density at radius 3 is 2.60 bits per heavy atom. The minimum Gasteiger partial charge on any atom is -0.313 e. The first-order chi connectivity index (χ1) is 9.46. The molecule has 0 aliphatic heterocycles. The van der Waals surface area contributed by atoms with Crippen LogP contribution in [0, 0.1) is 5.82 Å². The highest BCUT2D eigenvalue weighted by atomic mass is 32.2. The van der Waals surface area contributed by atoms with Crippen molar-refractivity contribution in [3.8, 4) is 0 Å². The summed E-state index contributed by atoms with van der Waals surface area (Å²) in [4.78, 5) is -0.229. The van der Waals surface area contributed by atoms with Crippen LogP contribution in [0.15, 0.2) is 23.1 Å². The van der Waals surface area contributed by atoms with Crippen molar-refractivity contribution in [2.75, 3.05) is 13.6 Å². The second kappa shape index (κ2) is 6.20. The van der Waals surface area contributed by atoms with E-state index in [0.717, 1.165) is 31.4 Å². The average Bonchev–Trinajstić information content (AvgIpc) is 2.34. The minimum absolute atomic E-state index is 0.0147. The second-order valence-electron chi connectivity index (χ2n) is 5.15. The fourth-order valence-electron chi connectivity index (χ4n) is 2.23. The highest BCUT2D eigenvalue weighted by molar-refractivity contribution is 7.89. The summed E-state index contributed by atoms with van der Waals surface area (Å²) in [6.45, 7) is 3.28. The molecular formula is C14H21FN2O2S. The van der Waals surface area contributed by atoms with Gasteiger partial charge in [0.1, 0.15) is 10.7 Å². The molecule has 2 rings (SSSR count). The summed E-state index contributed by atoms with van der Waals surface area (Å²) < 4.78 is 40.2. The number of sulfonamides is 1. The summed E-state index contributed by atoms with van der Waals surface area (Å²) in [6, 6.07) is 4.34. The van der Waals surface area contributed by atoms with E-state index < -0.39 is 15.8 Å². The lowest BCUT2D eigenvalue weighted by molar-refractivity contribution is 0.249. The molecule has 4 nitrogen and oxygen atoms in total. The van der Waals surface area contributed by atoms with E-state index in [2.05, 4.69) is 5.32 Å². The summed E-state index contributed by atoms with van der Waals surface area (Å²) in [6.07, 6.45) is 2.75. The quantitative estimate of drug-likeness (QED) is 0.875. The molecule has 0 bridgehead atoms. The predicted octanol–water partition coefficient (Wildman–Crippen LogP) is 2.11. The molecule has 1 aromatic carbocycles. The zero-order valence-electron chi connectivity index (χ0n) is 11.9. The minimum atomic E-state index is -3.73. The summed E-state index contributed by atoms with van der Waals surface area (Å²) in [5.74, 6) is -0.674. The number of hydrogen-bond acceptors (Lipinski definition) is 3. The number of nitrogens with one attached hydrogen (secondary N) is 1. The van der Waals surface area contributed by atoms with E-state index in [4.69, 9.17) is 0 Å². The van der Waals surface area contributed by atoms with E-state index in [-0.39, 0.29) is 10.9 Å². The maximum Gasteiger partial charge on any atom is 0.245 e. The third kappa shape index (κ3) is 3.02. The summed E-state index contributed by atoms with van der Waals surface area (Å²) >= 11 is 0. The zero-order valence-corrected chi connectivity index (χ0v) is 12.7. The van der Waals surface area contributed by atoms with Crippen molar-refractivity contribution in [3.05, 3.63) is 29.6 Å². The predicted molar refractivity (Wildman–Crippen MR) is 76.4 cm³/mol. The van der Waals surface area contributed by atoms with Crippen molar-refractivity contribution in [2.24, 2.45) is 0 Å². The molecule has 0 saturated heterocycles. The first-order valence-corrected chi connectivity index (χ1v) is 8.38. The van der Waals surface area contributed by atoms with Gasteiger partial charge in [-0.1, -0.05) is 19.4 Å². The van der Waals surface area contributed by atoms with Gasteiger partial charge in [0.2, 0.25) is 10.0 Å². The molecule has 1 aliphatic carbocycles. The molecule has 0 aromatic heterocycles. The van der Waals surface area contributed by atoms with Crippen molar-refractivity contribution >= 4 is 10.0 Å². The van der Waals surface area contributed by atoms with Gasteiger partial charge in [-0.05, 0) is 37.1 Å². The van der Waals surface area contributed by atoms with Crippen LogP contribution in [0.5, 0.6) is 0 Å². The van der Waals surface area contributed by atoms with Gasteiger partial charge in [-0.25, -0.2) is 12.8 Å². The molecule has 0 spiro atoms. The van der Waals surface area contributed by atoms with Gasteiger partial charge < -0.3 is 5.32 Å². The molecule has 1 fully saturated rings. The Kier molecular flexibility index (Phi) is 4.78. The molecule has 1 saturated carbocycles. The van der Waals surface area contributed by atoms with Gasteiger partial charge in [-0.3, -0.25) is 0 Å². The monoisotopic (exact) mass is 300 g/mol. The third-order valence-corrected chi connectivity index (χ3v) is 5.76. The van der Waals surface area contributed by atoms with Crippen molar-refractivity contribution in [3.63, 3.8) is 0 Å². The molecule has 6 heteroatoms. The molecule has 1 aliphatic rings. The average molecular weight is 300 g/mol. The Bertz CT molecular complexity index is 571. The van der Waals surface area contributed by atoms with Gasteiger partial charge >= 0.3 is 0 Å². The molecule has 0 unspecified atom stereocenters. The Morgan fingerprint density at radius 2 is 2.10 bits per heavy atom. The van der Waals surface area contributed by atoms with Crippen LogP contribution in [-0.4, -0.2) is 32.4 Å². The van der Waals surface area contributed by atoms with Gasteiger partial charge in [0.05, 0.1) is 0 Å². The third-order valence-electron chi connectivity index (χ3n) is 3.82. The number of rotatable bonds is 6. The van der Waals surface area contributed by atoms with Gasteiger partial charge in [0.15, 0.2) is 0 Å². The van der Waals surface area contributed by atoms with Crippen LogP contribution in [0.1, 0.15) is 31.7 Å². The van der Waals surface area contributed by atoms with Crippen LogP contribution in [0.4, 0.5) is 4.39 Å². The summed E-state index contributed by atoms with van der Waals surface area (Å²) in [5, 5.41) is 3.08. The lowest BCUT2D eigenvalue weighted by Crippen LogP contribution is -2.41. The molecule has 1 N–H and O–H groups in total. The fourth-order valence-corrected chi connectivity index (χ4v) is 3.69. The molecule has 1 aromatic rings. The molecule has 20 heavy (non-hydrogen) atoms. The standard InChI is InChI=1S/C14H21FN2O2S/c1-3-16-10-11-7-8-14(13(15)9-11)20(18,19)17(2)12-5-4-6-12/h7-9,12,16H,3-6,10H2,1-2H3. The topological polar surface area (TPSA) is 49.4 Å². The van der Waals surface area contributed by atoms with Crippen LogP contribution < -0.4 is 5.32 Å².